The molecule has 0 aliphatic carbocycles. The zero-order valence-electron chi connectivity index (χ0n) is 15.7. The average molecular weight is 372 g/mol. The summed E-state index contributed by atoms with van der Waals surface area (Å²) in [5.41, 5.74) is 2.55. The van der Waals surface area contributed by atoms with Gasteiger partial charge in [-0.2, -0.15) is 0 Å². The van der Waals surface area contributed by atoms with E-state index in [1.165, 1.54) is 10.8 Å². The van der Waals surface area contributed by atoms with Crippen molar-refractivity contribution in [3.05, 3.63) is 32.6 Å². The van der Waals surface area contributed by atoms with E-state index >= 15 is 0 Å². The fraction of sp³-hybridized carbons (Fsp3) is 0.750. The highest BCUT2D eigenvalue weighted by molar-refractivity contribution is 6.81. The number of ether oxygens (including phenoxy) is 1. The van der Waals surface area contributed by atoms with Crippen LogP contribution in [0.15, 0.2) is 15.8 Å². The highest BCUT2D eigenvalue weighted by Gasteiger charge is 2.55. The summed E-state index contributed by atoms with van der Waals surface area (Å²) >= 11 is 0. The normalized spacial score (nSPS) is 29.0. The highest BCUT2D eigenvalue weighted by atomic mass is 28.3. The second kappa shape index (κ2) is 6.17. The van der Waals surface area contributed by atoms with Crippen LogP contribution in [0.2, 0.25) is 18.1 Å². The first-order valence-electron chi connectivity index (χ1n) is 8.35. The van der Waals surface area contributed by atoms with E-state index in [2.05, 4.69) is 4.98 Å². The lowest BCUT2D eigenvalue weighted by Gasteiger charge is -2.44. The Morgan fingerprint density at radius 3 is 2.52 bits per heavy atom. The molecule has 0 amide bonds. The summed E-state index contributed by atoms with van der Waals surface area (Å²) < 4.78 is 7.03. The largest absolute Gasteiger partial charge is 0.394 e. The number of rotatable bonds is 3. The van der Waals surface area contributed by atoms with Crippen molar-refractivity contribution in [1.29, 1.82) is 0 Å². The van der Waals surface area contributed by atoms with Crippen LogP contribution in [0, 0.1) is 6.92 Å². The summed E-state index contributed by atoms with van der Waals surface area (Å²) in [6, 6.07) is 0. The van der Waals surface area contributed by atoms with Crippen LogP contribution in [0.5, 0.6) is 0 Å². The van der Waals surface area contributed by atoms with Crippen molar-refractivity contribution in [2.75, 3.05) is 0 Å². The minimum absolute atomic E-state index is 0.0608. The molecule has 0 saturated carbocycles. The maximum atomic E-state index is 12.1. The van der Waals surface area contributed by atoms with Gasteiger partial charge in [0.1, 0.15) is 18.1 Å². The van der Waals surface area contributed by atoms with Gasteiger partial charge in [0.2, 0.25) is 0 Å². The summed E-state index contributed by atoms with van der Waals surface area (Å²) in [7, 11) is -2.28. The summed E-state index contributed by atoms with van der Waals surface area (Å²) in [6.45, 7) is 11.7. The maximum absolute atomic E-state index is 12.1. The number of aliphatic hydroxyl groups is 2. The molecular weight excluding hydrogens is 342 g/mol. The number of aromatic amines is 1. The molecule has 4 atom stereocenters. The third kappa shape index (κ3) is 3.52. The van der Waals surface area contributed by atoms with E-state index in [0.717, 1.165) is 0 Å². The van der Waals surface area contributed by atoms with E-state index in [-0.39, 0.29) is 11.5 Å². The second-order valence-corrected chi connectivity index (χ2v) is 14.1. The van der Waals surface area contributed by atoms with Gasteiger partial charge in [-0.1, -0.05) is 33.9 Å². The number of nitrogens with one attached hydrogen (secondary N) is 1. The SMILES string of the molecule is Cc1cn([C@H]2C[C@](N)(O)[C@@H](C(O)[Si](C)(C)C(C)(C)C)O2)c(=O)[nH]c1=O. The average Bonchev–Trinajstić information content (AvgIpc) is 2.76. The molecule has 1 unspecified atom stereocenters. The van der Waals surface area contributed by atoms with Gasteiger partial charge < -0.3 is 20.7 Å². The molecule has 1 aliphatic rings. The first-order valence-corrected chi connectivity index (χ1v) is 11.4. The fourth-order valence-electron chi connectivity index (χ4n) is 2.86. The minimum atomic E-state index is -2.28. The Bertz CT molecular complexity index is 762. The second-order valence-electron chi connectivity index (χ2n) is 8.60. The van der Waals surface area contributed by atoms with E-state index < -0.39 is 43.1 Å². The highest BCUT2D eigenvalue weighted by Crippen LogP contribution is 2.44. The minimum Gasteiger partial charge on any atom is -0.394 e. The van der Waals surface area contributed by atoms with Crippen LogP contribution >= 0.6 is 0 Å². The molecule has 9 heteroatoms. The molecule has 0 spiro atoms. The lowest BCUT2D eigenvalue weighted by molar-refractivity contribution is -0.0958. The van der Waals surface area contributed by atoms with Gasteiger partial charge >= 0.3 is 5.69 Å². The smallest absolute Gasteiger partial charge is 0.330 e. The predicted octanol–water partition coefficient (Wildman–Crippen LogP) is 0.188. The van der Waals surface area contributed by atoms with Crippen molar-refractivity contribution in [2.24, 2.45) is 5.73 Å². The van der Waals surface area contributed by atoms with E-state index in [9.17, 15) is 19.8 Å². The molecule has 5 N–H and O–H groups in total. The van der Waals surface area contributed by atoms with Crippen molar-refractivity contribution in [3.8, 4) is 0 Å². The Morgan fingerprint density at radius 1 is 1.44 bits per heavy atom. The summed E-state index contributed by atoms with van der Waals surface area (Å²) in [4.78, 5) is 25.8. The van der Waals surface area contributed by atoms with Gasteiger partial charge in [-0.15, -0.1) is 0 Å². The maximum Gasteiger partial charge on any atom is 0.330 e. The van der Waals surface area contributed by atoms with Crippen molar-refractivity contribution in [2.45, 2.75) is 76.0 Å². The number of nitrogens with zero attached hydrogens (tertiary/aromatic N) is 1. The molecule has 0 bridgehead atoms. The molecule has 1 saturated heterocycles. The molecule has 25 heavy (non-hydrogen) atoms. The number of aryl methyl sites for hydroxylation is 1. The topological polar surface area (TPSA) is 131 Å². The molecule has 2 heterocycles. The number of hydrogen-bond donors (Lipinski definition) is 4. The molecule has 2 rings (SSSR count). The Balaban J connectivity index is 2.38. The Hall–Kier alpha value is -1.26. The van der Waals surface area contributed by atoms with Gasteiger partial charge in [-0.05, 0) is 12.0 Å². The third-order valence-corrected chi connectivity index (χ3v) is 11.4. The van der Waals surface area contributed by atoms with Gasteiger partial charge in [-0.25, -0.2) is 4.79 Å². The van der Waals surface area contributed by atoms with Crippen molar-refractivity contribution in [1.82, 2.24) is 9.55 Å². The lowest BCUT2D eigenvalue weighted by Crippen LogP contribution is -2.62. The van der Waals surface area contributed by atoms with E-state index in [4.69, 9.17) is 10.5 Å². The standard InChI is InChI=1S/C16H29N3O5Si/c1-9-8-19(14(22)18-12(9)20)10-7-16(17,23)11(24-10)13(21)25(5,6)15(2,3)4/h8,10-11,13,21,23H,7,17H2,1-6H3,(H,18,20,22)/t10-,11-,13?,16+/m1/s1. The molecule has 0 radical (unpaired) electrons. The van der Waals surface area contributed by atoms with Crippen molar-refractivity contribution < 1.29 is 14.9 Å². The van der Waals surface area contributed by atoms with Crippen molar-refractivity contribution >= 4 is 8.07 Å². The molecule has 1 aliphatic heterocycles. The van der Waals surface area contributed by atoms with E-state index in [1.807, 2.05) is 33.9 Å². The fourth-order valence-corrected chi connectivity index (χ4v) is 4.88. The third-order valence-electron chi connectivity index (χ3n) is 5.71. The van der Waals surface area contributed by atoms with Crippen LogP contribution in [-0.2, 0) is 4.74 Å². The molecule has 0 aromatic carbocycles. The zero-order valence-corrected chi connectivity index (χ0v) is 16.7. The van der Waals surface area contributed by atoms with Gasteiger partial charge in [0.05, 0.1) is 13.8 Å². The summed E-state index contributed by atoms with van der Waals surface area (Å²) in [6.07, 6.45) is -0.558. The van der Waals surface area contributed by atoms with Crippen LogP contribution in [-0.4, -0.2) is 45.4 Å². The van der Waals surface area contributed by atoms with E-state index in [0.29, 0.717) is 5.56 Å². The Labute approximate surface area is 147 Å². The van der Waals surface area contributed by atoms with E-state index in [1.54, 1.807) is 6.92 Å². The number of aromatic nitrogens is 2. The Morgan fingerprint density at radius 2 is 2.00 bits per heavy atom. The van der Waals surface area contributed by atoms with Crippen LogP contribution in [0.25, 0.3) is 0 Å². The zero-order chi connectivity index (χ0) is 19.4. The van der Waals surface area contributed by atoms with Crippen LogP contribution in [0.3, 0.4) is 0 Å². The first-order chi connectivity index (χ1) is 11.2. The quantitative estimate of drug-likeness (QED) is 0.443. The molecule has 1 aromatic rings. The first kappa shape index (κ1) is 20.1. The van der Waals surface area contributed by atoms with Crippen LogP contribution < -0.4 is 17.0 Å². The number of nitrogens with two attached hydrogens (primary N) is 1. The number of H-pyrrole nitrogens is 1. The number of aliphatic hydroxyl groups excluding tert-OH is 1. The monoisotopic (exact) mass is 371 g/mol. The summed E-state index contributed by atoms with van der Waals surface area (Å²) in [5.74, 6) is 0. The van der Waals surface area contributed by atoms with Gasteiger partial charge in [-0.3, -0.25) is 14.3 Å². The molecular formula is C16H29N3O5Si. The van der Waals surface area contributed by atoms with Crippen LogP contribution in [0.4, 0.5) is 0 Å². The van der Waals surface area contributed by atoms with Gasteiger partial charge in [0.25, 0.3) is 5.56 Å². The van der Waals surface area contributed by atoms with Crippen molar-refractivity contribution in [3.63, 3.8) is 0 Å². The molecule has 1 fully saturated rings. The van der Waals surface area contributed by atoms with Gasteiger partial charge in [0, 0.05) is 18.2 Å². The summed E-state index contributed by atoms with van der Waals surface area (Å²) in [5, 5.41) is 21.4. The molecule has 1 aromatic heterocycles. The lowest BCUT2D eigenvalue weighted by atomic mass is 10.1. The molecule has 8 nitrogen and oxygen atoms in total. The predicted molar refractivity (Wildman–Crippen MR) is 96.9 cm³/mol. The Kier molecular flexibility index (Phi) is 4.95. The molecule has 142 valence electrons. The number of hydrogen-bond acceptors (Lipinski definition) is 6. The van der Waals surface area contributed by atoms with Gasteiger partial charge in [0.15, 0.2) is 0 Å². The van der Waals surface area contributed by atoms with Crippen LogP contribution in [0.1, 0.15) is 39.0 Å².